The van der Waals surface area contributed by atoms with E-state index < -0.39 is 25.6 Å². The van der Waals surface area contributed by atoms with Crippen molar-refractivity contribution < 1.29 is 35.8 Å². The lowest BCUT2D eigenvalue weighted by atomic mass is 10.1. The fourth-order valence-electron chi connectivity index (χ4n) is 2.20. The maximum atomic E-state index is 12.4. The number of nitrogens with one attached hydrogen (secondary N) is 2. The number of ether oxygens (including phenoxy) is 2. The van der Waals surface area contributed by atoms with Crippen molar-refractivity contribution in [2.24, 2.45) is 0 Å². The minimum absolute atomic E-state index is 0.105. The Morgan fingerprint density at radius 1 is 0.867 bits per heavy atom. The van der Waals surface area contributed by atoms with Gasteiger partial charge in [-0.25, -0.2) is 0 Å². The van der Waals surface area contributed by atoms with Crippen molar-refractivity contribution in [2.45, 2.75) is 25.8 Å². The van der Waals surface area contributed by atoms with Crippen molar-refractivity contribution in [1.29, 1.82) is 0 Å². The van der Waals surface area contributed by atoms with Crippen LogP contribution in [-0.4, -0.2) is 30.7 Å². The minimum Gasteiger partial charge on any atom is -0.484 e. The Morgan fingerprint density at radius 2 is 1.37 bits per heavy atom. The lowest BCUT2D eigenvalue weighted by Gasteiger charge is -2.16. The average Bonchev–Trinajstić information content (AvgIpc) is 2.63. The van der Waals surface area contributed by atoms with E-state index in [9.17, 15) is 26.3 Å². The van der Waals surface area contributed by atoms with Gasteiger partial charge in [0.2, 0.25) is 0 Å². The van der Waals surface area contributed by atoms with Gasteiger partial charge in [-0.3, -0.25) is 0 Å². The summed E-state index contributed by atoms with van der Waals surface area (Å²) in [6, 6.07) is 10.9. The van der Waals surface area contributed by atoms with E-state index in [1.807, 2.05) is 31.2 Å². The molecule has 0 aliphatic rings. The smallest absolute Gasteiger partial charge is 0.422 e. The monoisotopic (exact) mass is 452 g/mol. The van der Waals surface area contributed by atoms with Crippen LogP contribution in [0.5, 0.6) is 11.5 Å². The van der Waals surface area contributed by atoms with Gasteiger partial charge in [0.05, 0.1) is 0 Å². The number of alkyl halides is 6. The van der Waals surface area contributed by atoms with Gasteiger partial charge in [0.1, 0.15) is 11.5 Å². The second kappa shape index (κ2) is 9.88. The van der Waals surface area contributed by atoms with Crippen molar-refractivity contribution in [3.63, 3.8) is 0 Å². The second-order valence-electron chi connectivity index (χ2n) is 6.29. The molecule has 0 spiro atoms. The normalized spacial score (nSPS) is 11.7. The van der Waals surface area contributed by atoms with Crippen LogP contribution in [0.25, 0.3) is 0 Å². The zero-order chi connectivity index (χ0) is 22.4. The van der Waals surface area contributed by atoms with Crippen LogP contribution in [0.15, 0.2) is 42.5 Å². The summed E-state index contributed by atoms with van der Waals surface area (Å²) < 4.78 is 83.6. The zero-order valence-electron chi connectivity index (χ0n) is 15.7. The highest BCUT2D eigenvalue weighted by Crippen LogP contribution is 2.29. The summed E-state index contributed by atoms with van der Waals surface area (Å²) in [4.78, 5) is 0. The molecule has 0 aliphatic heterocycles. The molecule has 2 rings (SSSR count). The summed E-state index contributed by atoms with van der Waals surface area (Å²) >= 11 is 5.13. The summed E-state index contributed by atoms with van der Waals surface area (Å²) in [6.45, 7) is -0.903. The van der Waals surface area contributed by atoms with Crippen molar-refractivity contribution in [3.05, 3.63) is 53.6 Å². The van der Waals surface area contributed by atoms with Crippen LogP contribution < -0.4 is 20.1 Å². The fraction of sp³-hybridized carbons (Fsp3) is 0.316. The topological polar surface area (TPSA) is 42.5 Å². The molecule has 0 aliphatic carbocycles. The first kappa shape index (κ1) is 23.6. The van der Waals surface area contributed by atoms with Crippen LogP contribution >= 0.6 is 12.2 Å². The van der Waals surface area contributed by atoms with Gasteiger partial charge in [-0.05, 0) is 24.7 Å². The summed E-state index contributed by atoms with van der Waals surface area (Å²) in [6.07, 6.45) is -9.22. The molecule has 0 amide bonds. The van der Waals surface area contributed by atoms with Crippen LogP contribution in [0.2, 0.25) is 0 Å². The molecule has 0 bridgehead atoms. The largest absolute Gasteiger partial charge is 0.484 e. The Morgan fingerprint density at radius 3 is 1.83 bits per heavy atom. The number of rotatable bonds is 7. The quantitative estimate of drug-likeness (QED) is 0.437. The van der Waals surface area contributed by atoms with Crippen LogP contribution in [0.4, 0.5) is 32.0 Å². The third-order valence-electron chi connectivity index (χ3n) is 3.52. The van der Waals surface area contributed by atoms with E-state index >= 15 is 0 Å². The number of halogens is 6. The van der Waals surface area contributed by atoms with Crippen LogP contribution in [0.1, 0.15) is 11.1 Å². The summed E-state index contributed by atoms with van der Waals surface area (Å²) in [5.41, 5.74) is 2.12. The Balaban J connectivity index is 2.07. The molecule has 0 radical (unpaired) electrons. The van der Waals surface area contributed by atoms with E-state index in [-0.39, 0.29) is 22.3 Å². The Kier molecular flexibility index (Phi) is 7.77. The molecule has 11 heteroatoms. The van der Waals surface area contributed by atoms with E-state index in [0.29, 0.717) is 6.54 Å². The summed E-state index contributed by atoms with van der Waals surface area (Å²) in [5, 5.41) is 5.71. The minimum atomic E-state index is -4.61. The molecule has 30 heavy (non-hydrogen) atoms. The number of benzene rings is 2. The number of anilines is 1. The molecule has 0 atom stereocenters. The van der Waals surface area contributed by atoms with Crippen LogP contribution in [0, 0.1) is 6.92 Å². The van der Waals surface area contributed by atoms with E-state index in [0.717, 1.165) is 17.2 Å². The van der Waals surface area contributed by atoms with E-state index in [4.69, 9.17) is 12.2 Å². The highest BCUT2D eigenvalue weighted by atomic mass is 32.1. The summed E-state index contributed by atoms with van der Waals surface area (Å²) in [7, 11) is 0. The van der Waals surface area contributed by atoms with Gasteiger partial charge in [-0.1, -0.05) is 29.8 Å². The van der Waals surface area contributed by atoms with Crippen molar-refractivity contribution in [3.8, 4) is 11.5 Å². The fourth-order valence-corrected chi connectivity index (χ4v) is 2.39. The first-order valence-corrected chi connectivity index (χ1v) is 8.95. The molecule has 0 unspecified atom stereocenters. The van der Waals surface area contributed by atoms with Crippen LogP contribution in [-0.2, 0) is 6.54 Å². The van der Waals surface area contributed by atoms with Gasteiger partial charge < -0.3 is 20.1 Å². The zero-order valence-corrected chi connectivity index (χ0v) is 16.5. The van der Waals surface area contributed by atoms with E-state index in [2.05, 4.69) is 20.1 Å². The molecule has 164 valence electrons. The van der Waals surface area contributed by atoms with E-state index in [1.165, 1.54) is 12.1 Å². The molecular weight excluding hydrogens is 434 g/mol. The SMILES string of the molecule is Cc1ccc(CNC(=S)Nc2cc(OCC(F)(F)F)cc(OCC(F)(F)F)c2)cc1. The standard InChI is InChI=1S/C19H18F6N2O2S/c1-12-2-4-13(5-3-12)9-26-17(30)27-14-6-15(28-10-18(20,21)22)8-16(7-14)29-11-19(23,24)25/h2-8H,9-11H2,1H3,(H2,26,27,30). The molecule has 2 aromatic carbocycles. The maximum absolute atomic E-state index is 12.4. The molecule has 2 N–H and O–H groups in total. The Labute approximate surface area is 174 Å². The van der Waals surface area contributed by atoms with Crippen LogP contribution in [0.3, 0.4) is 0 Å². The molecule has 0 fully saturated rings. The van der Waals surface area contributed by atoms with Gasteiger partial charge >= 0.3 is 12.4 Å². The molecule has 0 heterocycles. The third-order valence-corrected chi connectivity index (χ3v) is 3.76. The molecule has 2 aromatic rings. The molecule has 0 saturated carbocycles. The van der Waals surface area contributed by atoms with Crippen molar-refractivity contribution in [1.82, 2.24) is 5.32 Å². The van der Waals surface area contributed by atoms with Gasteiger partial charge in [0.25, 0.3) is 0 Å². The predicted octanol–water partition coefficient (Wildman–Crippen LogP) is 5.36. The lowest BCUT2D eigenvalue weighted by molar-refractivity contribution is -0.153. The lowest BCUT2D eigenvalue weighted by Crippen LogP contribution is -2.28. The Hall–Kier alpha value is -2.69. The number of hydrogen-bond donors (Lipinski definition) is 2. The first-order chi connectivity index (χ1) is 13.9. The third kappa shape index (κ3) is 9.21. The average molecular weight is 452 g/mol. The van der Waals surface area contributed by atoms with Crippen molar-refractivity contribution in [2.75, 3.05) is 18.5 Å². The number of aryl methyl sites for hydroxylation is 1. The van der Waals surface area contributed by atoms with E-state index in [1.54, 1.807) is 0 Å². The maximum Gasteiger partial charge on any atom is 0.422 e. The van der Waals surface area contributed by atoms with Gasteiger partial charge in [0.15, 0.2) is 18.3 Å². The number of hydrogen-bond acceptors (Lipinski definition) is 3. The number of thiocarbonyl (C=S) groups is 1. The van der Waals surface area contributed by atoms with Gasteiger partial charge in [-0.15, -0.1) is 0 Å². The van der Waals surface area contributed by atoms with Gasteiger partial charge in [0, 0.05) is 30.4 Å². The Bertz CT molecular complexity index is 817. The highest BCUT2D eigenvalue weighted by molar-refractivity contribution is 7.80. The van der Waals surface area contributed by atoms with Crippen molar-refractivity contribution >= 4 is 23.0 Å². The molecule has 0 saturated heterocycles. The molecular formula is C19H18F6N2O2S. The highest BCUT2D eigenvalue weighted by Gasteiger charge is 2.30. The first-order valence-electron chi connectivity index (χ1n) is 8.54. The van der Waals surface area contributed by atoms with Gasteiger partial charge in [-0.2, -0.15) is 26.3 Å². The molecule has 4 nitrogen and oxygen atoms in total. The summed E-state index contributed by atoms with van der Waals surface area (Å²) in [5.74, 6) is -0.647. The molecule has 0 aromatic heterocycles. The predicted molar refractivity (Wildman–Crippen MR) is 104 cm³/mol. The second-order valence-corrected chi connectivity index (χ2v) is 6.70.